The normalized spacial score (nSPS) is 42.7. The van der Waals surface area contributed by atoms with Crippen LogP contribution < -0.4 is 0 Å². The minimum Gasteiger partial charge on any atom is -0.387 e. The molecular formula is C13H16O6. The van der Waals surface area contributed by atoms with Gasteiger partial charge in [-0.15, -0.1) is 0 Å². The maximum atomic E-state index is 9.94. The third kappa shape index (κ3) is 2.38. The summed E-state index contributed by atoms with van der Waals surface area (Å²) in [6.07, 6.45) is -5.93. The van der Waals surface area contributed by atoms with Gasteiger partial charge in [-0.05, 0) is 0 Å². The summed E-state index contributed by atoms with van der Waals surface area (Å²) in [4.78, 5) is 0. The van der Waals surface area contributed by atoms with Gasteiger partial charge in [0.1, 0.15) is 24.4 Å². The van der Waals surface area contributed by atoms with Crippen molar-refractivity contribution in [3.63, 3.8) is 0 Å². The van der Waals surface area contributed by atoms with E-state index in [0.717, 1.165) is 5.56 Å². The number of hydrogen-bond donors (Lipinski definition) is 3. The fourth-order valence-electron chi connectivity index (χ4n) is 2.37. The van der Waals surface area contributed by atoms with Crippen LogP contribution in [0.4, 0.5) is 0 Å². The average molecular weight is 268 g/mol. The fraction of sp³-hybridized carbons (Fsp3) is 0.538. The van der Waals surface area contributed by atoms with Gasteiger partial charge in [0.05, 0.1) is 6.61 Å². The zero-order chi connectivity index (χ0) is 13.4. The molecule has 0 amide bonds. The zero-order valence-corrected chi connectivity index (χ0v) is 10.1. The molecule has 2 heterocycles. The fourth-order valence-corrected chi connectivity index (χ4v) is 2.37. The van der Waals surface area contributed by atoms with Gasteiger partial charge in [-0.1, -0.05) is 30.3 Å². The minimum absolute atomic E-state index is 0.186. The molecule has 1 aromatic rings. The molecule has 0 radical (unpaired) electrons. The molecule has 2 saturated heterocycles. The highest BCUT2D eigenvalue weighted by Gasteiger charge is 2.48. The average Bonchev–Trinajstić information content (AvgIpc) is 2.46. The highest BCUT2D eigenvalue weighted by atomic mass is 16.7. The SMILES string of the molecule is OC1C(O)[C@@H](O)OC2COC(c3ccccc3)O[C@@H]21. The summed E-state index contributed by atoms with van der Waals surface area (Å²) in [6.45, 7) is 0.186. The van der Waals surface area contributed by atoms with Gasteiger partial charge in [0, 0.05) is 5.56 Å². The molecule has 2 aliphatic rings. The van der Waals surface area contributed by atoms with Crippen LogP contribution in [0, 0.1) is 0 Å². The van der Waals surface area contributed by atoms with Crippen LogP contribution >= 0.6 is 0 Å². The van der Waals surface area contributed by atoms with Crippen molar-refractivity contribution in [1.29, 1.82) is 0 Å². The van der Waals surface area contributed by atoms with Gasteiger partial charge in [0.25, 0.3) is 0 Å². The van der Waals surface area contributed by atoms with E-state index in [2.05, 4.69) is 0 Å². The molecule has 4 unspecified atom stereocenters. The Labute approximate surface area is 110 Å². The van der Waals surface area contributed by atoms with E-state index in [0.29, 0.717) is 0 Å². The van der Waals surface area contributed by atoms with Crippen LogP contribution in [-0.2, 0) is 14.2 Å². The van der Waals surface area contributed by atoms with E-state index >= 15 is 0 Å². The summed E-state index contributed by atoms with van der Waals surface area (Å²) in [6, 6.07) is 9.31. The first kappa shape index (κ1) is 13.0. The lowest BCUT2D eigenvalue weighted by molar-refractivity contribution is -0.354. The lowest BCUT2D eigenvalue weighted by atomic mass is 9.98. The first-order valence-electron chi connectivity index (χ1n) is 6.18. The van der Waals surface area contributed by atoms with Crippen LogP contribution in [0.3, 0.4) is 0 Å². The molecule has 6 heteroatoms. The van der Waals surface area contributed by atoms with Crippen LogP contribution in [-0.4, -0.2) is 52.6 Å². The van der Waals surface area contributed by atoms with E-state index < -0.39 is 37.0 Å². The number of aliphatic hydroxyl groups excluding tert-OH is 3. The van der Waals surface area contributed by atoms with Crippen molar-refractivity contribution in [2.45, 2.75) is 37.0 Å². The van der Waals surface area contributed by atoms with Crippen molar-refractivity contribution in [3.05, 3.63) is 35.9 Å². The molecule has 0 spiro atoms. The summed E-state index contributed by atoms with van der Waals surface area (Å²) < 4.78 is 16.3. The second-order valence-electron chi connectivity index (χ2n) is 4.72. The Kier molecular flexibility index (Phi) is 3.53. The molecule has 3 rings (SSSR count). The largest absolute Gasteiger partial charge is 0.387 e. The Bertz CT molecular complexity index is 422. The monoisotopic (exact) mass is 268 g/mol. The Morgan fingerprint density at radius 3 is 2.42 bits per heavy atom. The molecule has 0 bridgehead atoms. The summed E-state index contributed by atoms with van der Waals surface area (Å²) in [7, 11) is 0. The van der Waals surface area contributed by atoms with Gasteiger partial charge in [0.15, 0.2) is 12.6 Å². The van der Waals surface area contributed by atoms with E-state index in [4.69, 9.17) is 14.2 Å². The number of hydrogen-bond acceptors (Lipinski definition) is 6. The molecule has 19 heavy (non-hydrogen) atoms. The van der Waals surface area contributed by atoms with Crippen molar-refractivity contribution < 1.29 is 29.5 Å². The maximum absolute atomic E-state index is 9.94. The Hall–Kier alpha value is -1.02. The first-order chi connectivity index (χ1) is 9.16. The number of benzene rings is 1. The van der Waals surface area contributed by atoms with Crippen LogP contribution in [0.25, 0.3) is 0 Å². The highest BCUT2D eigenvalue weighted by molar-refractivity contribution is 5.16. The first-order valence-corrected chi connectivity index (χ1v) is 6.18. The van der Waals surface area contributed by atoms with E-state index in [1.54, 1.807) is 0 Å². The van der Waals surface area contributed by atoms with Crippen molar-refractivity contribution in [1.82, 2.24) is 0 Å². The van der Waals surface area contributed by atoms with Crippen LogP contribution in [0.1, 0.15) is 11.9 Å². The second-order valence-corrected chi connectivity index (χ2v) is 4.72. The van der Waals surface area contributed by atoms with Crippen molar-refractivity contribution in [3.8, 4) is 0 Å². The molecular weight excluding hydrogens is 252 g/mol. The van der Waals surface area contributed by atoms with Crippen molar-refractivity contribution in [2.24, 2.45) is 0 Å². The quantitative estimate of drug-likeness (QED) is 0.639. The molecule has 3 N–H and O–H groups in total. The van der Waals surface area contributed by atoms with Crippen molar-refractivity contribution in [2.75, 3.05) is 6.61 Å². The highest BCUT2D eigenvalue weighted by Crippen LogP contribution is 2.33. The van der Waals surface area contributed by atoms with E-state index in [1.807, 2.05) is 30.3 Å². The number of rotatable bonds is 1. The molecule has 2 fully saturated rings. The van der Waals surface area contributed by atoms with Crippen LogP contribution in [0.15, 0.2) is 30.3 Å². The summed E-state index contributed by atoms with van der Waals surface area (Å²) in [5.41, 5.74) is 0.828. The standard InChI is InChI=1S/C13H16O6/c14-9-10(15)12(16)18-8-6-17-13(19-11(8)9)7-4-2-1-3-5-7/h1-5,8-16H,6H2/t8?,9?,10?,11-,12-,13?/m0/s1. The third-order valence-corrected chi connectivity index (χ3v) is 3.42. The molecule has 1 aromatic carbocycles. The summed E-state index contributed by atoms with van der Waals surface area (Å²) in [5, 5.41) is 29.0. The molecule has 0 aliphatic carbocycles. The molecule has 6 nitrogen and oxygen atoms in total. The third-order valence-electron chi connectivity index (χ3n) is 3.42. The lowest BCUT2D eigenvalue weighted by Crippen LogP contribution is -2.61. The van der Waals surface area contributed by atoms with Gasteiger partial charge < -0.3 is 29.5 Å². The minimum atomic E-state index is -1.42. The molecule has 0 aromatic heterocycles. The second kappa shape index (κ2) is 5.16. The molecule has 104 valence electrons. The number of aliphatic hydroxyl groups is 3. The maximum Gasteiger partial charge on any atom is 0.184 e. The Morgan fingerprint density at radius 2 is 1.68 bits per heavy atom. The van der Waals surface area contributed by atoms with Crippen LogP contribution in [0.5, 0.6) is 0 Å². The van der Waals surface area contributed by atoms with Gasteiger partial charge in [0.2, 0.25) is 0 Å². The van der Waals surface area contributed by atoms with E-state index in [-0.39, 0.29) is 6.61 Å². The van der Waals surface area contributed by atoms with Gasteiger partial charge >= 0.3 is 0 Å². The van der Waals surface area contributed by atoms with E-state index in [9.17, 15) is 15.3 Å². The number of fused-ring (bicyclic) bond motifs is 1. The number of ether oxygens (including phenoxy) is 3. The molecule has 6 atom stereocenters. The van der Waals surface area contributed by atoms with Gasteiger partial charge in [-0.25, -0.2) is 0 Å². The molecule has 2 aliphatic heterocycles. The van der Waals surface area contributed by atoms with Crippen LogP contribution in [0.2, 0.25) is 0 Å². The molecule has 0 saturated carbocycles. The smallest absolute Gasteiger partial charge is 0.184 e. The summed E-state index contributed by atoms with van der Waals surface area (Å²) in [5.74, 6) is 0. The van der Waals surface area contributed by atoms with Gasteiger partial charge in [-0.3, -0.25) is 0 Å². The zero-order valence-electron chi connectivity index (χ0n) is 10.1. The predicted octanol–water partition coefficient (Wildman–Crippen LogP) is -0.460. The summed E-state index contributed by atoms with van der Waals surface area (Å²) >= 11 is 0. The topological polar surface area (TPSA) is 88.4 Å². The lowest BCUT2D eigenvalue weighted by Gasteiger charge is -2.45. The van der Waals surface area contributed by atoms with Gasteiger partial charge in [-0.2, -0.15) is 0 Å². The van der Waals surface area contributed by atoms with Crippen molar-refractivity contribution >= 4 is 0 Å². The van der Waals surface area contributed by atoms with E-state index in [1.165, 1.54) is 0 Å². The Balaban J connectivity index is 1.75. The predicted molar refractivity (Wildman–Crippen MR) is 62.9 cm³/mol. The Morgan fingerprint density at radius 1 is 0.947 bits per heavy atom.